The lowest BCUT2D eigenvalue weighted by Gasteiger charge is -2.34. The third-order valence-electron chi connectivity index (χ3n) is 4.42. The zero-order valence-corrected chi connectivity index (χ0v) is 18.5. The molecule has 1 aromatic heterocycles. The molecular formula is C19H27IN6O2. The summed E-state index contributed by atoms with van der Waals surface area (Å²) in [5.41, 5.74) is 7.86. The number of nitrogens with one attached hydrogen (secondary N) is 1. The summed E-state index contributed by atoms with van der Waals surface area (Å²) in [6.07, 6.45) is 3.79. The van der Waals surface area contributed by atoms with E-state index in [0.29, 0.717) is 25.3 Å². The van der Waals surface area contributed by atoms with E-state index >= 15 is 0 Å². The number of ether oxygens (including phenoxy) is 1. The Morgan fingerprint density at radius 1 is 1.46 bits per heavy atom. The number of aliphatic imine (C=N–C) groups is 1. The number of rotatable bonds is 5. The summed E-state index contributed by atoms with van der Waals surface area (Å²) < 4.78 is 7.69. The molecular weight excluding hydrogens is 471 g/mol. The highest BCUT2D eigenvalue weighted by molar-refractivity contribution is 14.0. The van der Waals surface area contributed by atoms with E-state index in [2.05, 4.69) is 15.3 Å². The lowest BCUT2D eigenvalue weighted by Crippen LogP contribution is -2.48. The van der Waals surface area contributed by atoms with Crippen LogP contribution in [0.15, 0.2) is 41.7 Å². The summed E-state index contributed by atoms with van der Waals surface area (Å²) in [6.45, 7) is 5.39. The van der Waals surface area contributed by atoms with E-state index in [-0.39, 0.29) is 30.1 Å². The number of aryl methyl sites for hydroxylation is 1. The summed E-state index contributed by atoms with van der Waals surface area (Å²) in [4.78, 5) is 18.3. The van der Waals surface area contributed by atoms with Crippen molar-refractivity contribution < 1.29 is 9.53 Å². The van der Waals surface area contributed by atoms with Crippen molar-refractivity contribution in [3.63, 3.8) is 0 Å². The topological polar surface area (TPSA) is 97.8 Å². The molecule has 2 heterocycles. The Kier molecular flexibility index (Phi) is 8.24. The first kappa shape index (κ1) is 22.2. The van der Waals surface area contributed by atoms with Crippen molar-refractivity contribution in [3.8, 4) is 0 Å². The molecule has 0 radical (unpaired) electrons. The highest BCUT2D eigenvalue weighted by atomic mass is 127. The number of guanidine groups is 1. The zero-order valence-electron chi connectivity index (χ0n) is 16.2. The van der Waals surface area contributed by atoms with Crippen molar-refractivity contribution >= 4 is 35.8 Å². The molecule has 1 fully saturated rings. The predicted molar refractivity (Wildman–Crippen MR) is 119 cm³/mol. The molecule has 8 nitrogen and oxygen atoms in total. The molecule has 1 aliphatic rings. The molecule has 28 heavy (non-hydrogen) atoms. The summed E-state index contributed by atoms with van der Waals surface area (Å²) in [6, 6.07) is 7.26. The SMILES string of the molecule is CCNC(=NCc1cccc(C(N)=O)c1)N1CCOC(c2cnn(C)c2)C1.I. The molecule has 1 unspecified atom stereocenters. The summed E-state index contributed by atoms with van der Waals surface area (Å²) in [5.74, 6) is 0.402. The van der Waals surface area contributed by atoms with E-state index in [1.54, 1.807) is 16.8 Å². The van der Waals surface area contributed by atoms with Crippen molar-refractivity contribution in [2.75, 3.05) is 26.2 Å². The monoisotopic (exact) mass is 498 g/mol. The highest BCUT2D eigenvalue weighted by Gasteiger charge is 2.25. The number of amides is 1. The van der Waals surface area contributed by atoms with Gasteiger partial charge in [0.2, 0.25) is 5.91 Å². The number of primary amides is 1. The molecule has 0 aliphatic carbocycles. The van der Waals surface area contributed by atoms with E-state index in [1.165, 1.54) is 0 Å². The van der Waals surface area contributed by atoms with Crippen molar-refractivity contribution in [1.29, 1.82) is 0 Å². The number of aromatic nitrogens is 2. The fraction of sp³-hybridized carbons (Fsp3) is 0.421. The molecule has 0 saturated carbocycles. The molecule has 9 heteroatoms. The van der Waals surface area contributed by atoms with Crippen molar-refractivity contribution in [2.45, 2.75) is 19.6 Å². The van der Waals surface area contributed by atoms with Gasteiger partial charge in [-0.2, -0.15) is 5.10 Å². The van der Waals surface area contributed by atoms with E-state index in [9.17, 15) is 4.79 Å². The van der Waals surface area contributed by atoms with E-state index in [0.717, 1.165) is 30.2 Å². The second-order valence-electron chi connectivity index (χ2n) is 6.49. The number of morpholine rings is 1. The van der Waals surface area contributed by atoms with Crippen molar-refractivity contribution in [3.05, 3.63) is 53.3 Å². The van der Waals surface area contributed by atoms with Crippen molar-refractivity contribution in [2.24, 2.45) is 17.8 Å². The van der Waals surface area contributed by atoms with Gasteiger partial charge in [-0.25, -0.2) is 4.99 Å². The third kappa shape index (κ3) is 5.68. The van der Waals surface area contributed by atoms with Crippen LogP contribution in [0.1, 0.15) is 34.5 Å². The van der Waals surface area contributed by atoms with Crippen LogP contribution in [0.2, 0.25) is 0 Å². The highest BCUT2D eigenvalue weighted by Crippen LogP contribution is 2.21. The fourth-order valence-electron chi connectivity index (χ4n) is 3.06. The molecule has 152 valence electrons. The molecule has 3 N–H and O–H groups in total. The van der Waals surface area contributed by atoms with Crippen LogP contribution < -0.4 is 11.1 Å². The molecule has 2 aromatic rings. The summed E-state index contributed by atoms with van der Waals surface area (Å²) >= 11 is 0. The van der Waals surface area contributed by atoms with Crippen LogP contribution in [0.5, 0.6) is 0 Å². The zero-order chi connectivity index (χ0) is 19.2. The second-order valence-corrected chi connectivity index (χ2v) is 6.49. The lowest BCUT2D eigenvalue weighted by atomic mass is 10.1. The predicted octanol–water partition coefficient (Wildman–Crippen LogP) is 1.68. The first-order chi connectivity index (χ1) is 13.1. The van der Waals surface area contributed by atoms with E-state index < -0.39 is 5.91 Å². The number of carbonyl (C=O) groups excluding carboxylic acids is 1. The largest absolute Gasteiger partial charge is 0.370 e. The van der Waals surface area contributed by atoms with Gasteiger partial charge in [-0.05, 0) is 24.6 Å². The smallest absolute Gasteiger partial charge is 0.248 e. The Morgan fingerprint density at radius 3 is 2.96 bits per heavy atom. The van der Waals surface area contributed by atoms with Gasteiger partial charge in [0.25, 0.3) is 0 Å². The number of nitrogens with two attached hydrogens (primary N) is 1. The van der Waals surface area contributed by atoms with Gasteiger partial charge in [-0.15, -0.1) is 24.0 Å². The summed E-state index contributed by atoms with van der Waals surface area (Å²) in [5, 5.41) is 7.58. The normalized spacial score (nSPS) is 17.1. The first-order valence-electron chi connectivity index (χ1n) is 9.09. The maximum atomic E-state index is 11.4. The number of hydrogen-bond donors (Lipinski definition) is 2. The molecule has 1 amide bonds. The molecule has 1 saturated heterocycles. The van der Waals surface area contributed by atoms with E-state index in [1.807, 2.05) is 38.5 Å². The number of benzene rings is 1. The number of nitrogens with zero attached hydrogens (tertiary/aromatic N) is 4. The van der Waals surface area contributed by atoms with Crippen LogP contribution in [-0.4, -0.2) is 52.8 Å². The minimum Gasteiger partial charge on any atom is -0.370 e. The number of halogens is 1. The van der Waals surface area contributed by atoms with Gasteiger partial charge in [-0.3, -0.25) is 9.48 Å². The van der Waals surface area contributed by atoms with Gasteiger partial charge < -0.3 is 20.7 Å². The first-order valence-corrected chi connectivity index (χ1v) is 9.09. The molecule has 1 aromatic carbocycles. The van der Waals surface area contributed by atoms with Crippen LogP contribution in [0.25, 0.3) is 0 Å². The van der Waals surface area contributed by atoms with Crippen LogP contribution >= 0.6 is 24.0 Å². The molecule has 1 aliphatic heterocycles. The van der Waals surface area contributed by atoms with Gasteiger partial charge in [0.05, 0.1) is 25.9 Å². The average Bonchev–Trinajstić information content (AvgIpc) is 3.12. The van der Waals surface area contributed by atoms with Gasteiger partial charge in [0, 0.05) is 37.5 Å². The Labute approximate surface area is 182 Å². The number of hydrogen-bond acceptors (Lipinski definition) is 4. The van der Waals surface area contributed by atoms with Gasteiger partial charge in [0.15, 0.2) is 5.96 Å². The summed E-state index contributed by atoms with van der Waals surface area (Å²) in [7, 11) is 1.90. The van der Waals surface area contributed by atoms with Gasteiger partial charge in [0.1, 0.15) is 6.10 Å². The molecule has 1 atom stereocenters. The molecule has 3 rings (SSSR count). The van der Waals surface area contributed by atoms with E-state index in [4.69, 9.17) is 15.5 Å². The molecule has 0 bridgehead atoms. The van der Waals surface area contributed by atoms with Crippen LogP contribution in [0.4, 0.5) is 0 Å². The minimum atomic E-state index is -0.430. The Balaban J connectivity index is 0.00000280. The van der Waals surface area contributed by atoms with Crippen LogP contribution in [0.3, 0.4) is 0 Å². The molecule has 0 spiro atoms. The maximum Gasteiger partial charge on any atom is 0.248 e. The Hall–Kier alpha value is -2.14. The Morgan fingerprint density at radius 2 is 2.29 bits per heavy atom. The average molecular weight is 498 g/mol. The van der Waals surface area contributed by atoms with Crippen LogP contribution in [0, 0.1) is 0 Å². The second kappa shape index (κ2) is 10.4. The Bertz CT molecular complexity index is 822. The fourth-order valence-corrected chi connectivity index (χ4v) is 3.06. The third-order valence-corrected chi connectivity index (χ3v) is 4.42. The quantitative estimate of drug-likeness (QED) is 0.372. The van der Waals surface area contributed by atoms with Crippen LogP contribution in [-0.2, 0) is 18.3 Å². The van der Waals surface area contributed by atoms with Gasteiger partial charge >= 0.3 is 0 Å². The minimum absolute atomic E-state index is 0. The standard InChI is InChI=1S/C19H26N6O2.HI/c1-3-21-19(22-10-14-5-4-6-15(9-14)18(20)26)25-7-8-27-17(13-25)16-11-23-24(2)12-16;/h4-6,9,11-12,17H,3,7-8,10,13H2,1-2H3,(H2,20,26)(H,21,22);1H. The maximum absolute atomic E-state index is 11.4. The lowest BCUT2D eigenvalue weighted by molar-refractivity contribution is -0.00805. The van der Waals surface area contributed by atoms with Gasteiger partial charge in [-0.1, -0.05) is 12.1 Å². The number of carbonyl (C=O) groups is 1. The van der Waals surface area contributed by atoms with Crippen molar-refractivity contribution in [1.82, 2.24) is 20.0 Å².